The molecule has 0 atom stereocenters. The summed E-state index contributed by atoms with van der Waals surface area (Å²) in [6.07, 6.45) is 1.02. The molecule has 0 unspecified atom stereocenters. The highest BCUT2D eigenvalue weighted by atomic mass is 16.5. The molecule has 2 aromatic carbocycles. The maximum atomic E-state index is 12.4. The van der Waals surface area contributed by atoms with E-state index < -0.39 is 0 Å². The number of benzene rings is 2. The number of hydrogen-bond donors (Lipinski definition) is 0. The molecule has 0 N–H and O–H groups in total. The summed E-state index contributed by atoms with van der Waals surface area (Å²) in [6.45, 7) is 0.647. The number of ether oxygens (including phenoxy) is 1. The summed E-state index contributed by atoms with van der Waals surface area (Å²) >= 11 is 0. The maximum Gasteiger partial charge on any atom is 0.228 e. The highest BCUT2D eigenvalue weighted by molar-refractivity contribution is 5.78. The van der Waals surface area contributed by atoms with E-state index >= 15 is 0 Å². The second-order valence-electron chi connectivity index (χ2n) is 6.14. The minimum atomic E-state index is 0.0198. The first-order chi connectivity index (χ1) is 12.7. The number of rotatable bonds is 7. The second-order valence-corrected chi connectivity index (χ2v) is 6.14. The monoisotopic (exact) mass is 350 g/mol. The van der Waals surface area contributed by atoms with Crippen molar-refractivity contribution in [3.63, 3.8) is 0 Å². The number of amides is 1. The van der Waals surface area contributed by atoms with Crippen LogP contribution in [-0.2, 0) is 17.6 Å². The van der Waals surface area contributed by atoms with Gasteiger partial charge in [0.15, 0.2) is 5.76 Å². The van der Waals surface area contributed by atoms with Crippen molar-refractivity contribution in [3.8, 4) is 17.1 Å². The molecule has 5 nitrogen and oxygen atoms in total. The Kier molecular flexibility index (Phi) is 5.69. The van der Waals surface area contributed by atoms with Crippen molar-refractivity contribution in [2.45, 2.75) is 12.8 Å². The molecule has 0 radical (unpaired) electrons. The van der Waals surface area contributed by atoms with Crippen LogP contribution < -0.4 is 4.74 Å². The predicted octanol–water partition coefficient (Wildman–Crippen LogP) is 3.59. The standard InChI is InChI=1S/C21H22N2O3/c1-23(13-12-16-8-10-19(25-2)11-9-16)21(24)15-18-14-20(26-22-18)17-6-4-3-5-7-17/h3-11,14H,12-13,15H2,1-2H3. The summed E-state index contributed by atoms with van der Waals surface area (Å²) in [7, 11) is 3.46. The van der Waals surface area contributed by atoms with Crippen molar-refractivity contribution >= 4 is 5.91 Å². The van der Waals surface area contributed by atoms with Crippen molar-refractivity contribution in [3.05, 3.63) is 71.9 Å². The van der Waals surface area contributed by atoms with Gasteiger partial charge in [0.25, 0.3) is 0 Å². The molecule has 1 amide bonds. The van der Waals surface area contributed by atoms with Crippen LogP contribution in [0, 0.1) is 0 Å². The van der Waals surface area contributed by atoms with Crippen LogP contribution in [0.4, 0.5) is 0 Å². The lowest BCUT2D eigenvalue weighted by Crippen LogP contribution is -2.30. The Bertz CT molecular complexity index is 841. The molecule has 26 heavy (non-hydrogen) atoms. The van der Waals surface area contributed by atoms with Crippen LogP contribution in [0.15, 0.2) is 65.2 Å². The lowest BCUT2D eigenvalue weighted by molar-refractivity contribution is -0.129. The van der Waals surface area contributed by atoms with E-state index in [1.54, 1.807) is 12.0 Å². The van der Waals surface area contributed by atoms with Crippen molar-refractivity contribution in [2.75, 3.05) is 20.7 Å². The molecule has 1 aromatic heterocycles. The zero-order valence-corrected chi connectivity index (χ0v) is 15.0. The number of carbonyl (C=O) groups excluding carboxylic acids is 1. The molecule has 0 bridgehead atoms. The molecule has 1 heterocycles. The van der Waals surface area contributed by atoms with Crippen LogP contribution in [-0.4, -0.2) is 36.7 Å². The second kappa shape index (κ2) is 8.34. The van der Waals surface area contributed by atoms with E-state index in [9.17, 15) is 4.79 Å². The first kappa shape index (κ1) is 17.7. The van der Waals surface area contributed by atoms with Crippen LogP contribution in [0.3, 0.4) is 0 Å². The zero-order valence-electron chi connectivity index (χ0n) is 15.0. The smallest absolute Gasteiger partial charge is 0.228 e. The summed E-state index contributed by atoms with van der Waals surface area (Å²) < 4.78 is 10.5. The van der Waals surface area contributed by atoms with Gasteiger partial charge in [-0.2, -0.15) is 0 Å². The highest BCUT2D eigenvalue weighted by Gasteiger charge is 2.14. The summed E-state index contributed by atoms with van der Waals surface area (Å²) in [4.78, 5) is 14.1. The van der Waals surface area contributed by atoms with E-state index in [0.29, 0.717) is 18.0 Å². The van der Waals surface area contributed by atoms with E-state index in [0.717, 1.165) is 17.7 Å². The third kappa shape index (κ3) is 4.51. The van der Waals surface area contributed by atoms with Gasteiger partial charge in [0, 0.05) is 25.2 Å². The van der Waals surface area contributed by atoms with Gasteiger partial charge in [-0.05, 0) is 24.1 Å². The fourth-order valence-electron chi connectivity index (χ4n) is 2.64. The van der Waals surface area contributed by atoms with Gasteiger partial charge in [-0.25, -0.2) is 0 Å². The topological polar surface area (TPSA) is 55.6 Å². The van der Waals surface area contributed by atoms with E-state index in [-0.39, 0.29) is 12.3 Å². The number of nitrogens with zero attached hydrogens (tertiary/aromatic N) is 2. The summed E-state index contributed by atoms with van der Waals surface area (Å²) in [5.74, 6) is 1.53. The molecule has 5 heteroatoms. The Labute approximate surface area is 153 Å². The van der Waals surface area contributed by atoms with Crippen LogP contribution in [0.1, 0.15) is 11.3 Å². The third-order valence-corrected chi connectivity index (χ3v) is 4.27. The van der Waals surface area contributed by atoms with Crippen molar-refractivity contribution < 1.29 is 14.1 Å². The molecule has 0 aliphatic rings. The Balaban J connectivity index is 1.53. The lowest BCUT2D eigenvalue weighted by atomic mass is 10.1. The highest BCUT2D eigenvalue weighted by Crippen LogP contribution is 2.20. The van der Waals surface area contributed by atoms with Gasteiger partial charge >= 0.3 is 0 Å². The summed E-state index contributed by atoms with van der Waals surface area (Å²) in [5, 5.41) is 4.02. The number of methoxy groups -OCH3 is 1. The van der Waals surface area contributed by atoms with E-state index in [4.69, 9.17) is 9.26 Å². The van der Waals surface area contributed by atoms with Gasteiger partial charge in [0.05, 0.1) is 19.2 Å². The average molecular weight is 350 g/mol. The van der Waals surface area contributed by atoms with E-state index in [2.05, 4.69) is 5.16 Å². The predicted molar refractivity (Wildman–Crippen MR) is 100.0 cm³/mol. The molecule has 3 rings (SSSR count). The Morgan fingerprint density at radius 3 is 2.54 bits per heavy atom. The summed E-state index contributed by atoms with van der Waals surface area (Å²) in [6, 6.07) is 19.4. The molecule has 0 saturated heterocycles. The molecular weight excluding hydrogens is 328 g/mol. The van der Waals surface area contributed by atoms with Gasteiger partial charge in [-0.3, -0.25) is 4.79 Å². The number of likely N-dealkylation sites (N-methyl/N-ethyl adjacent to an activating group) is 1. The van der Waals surface area contributed by atoms with Gasteiger partial charge in [0.2, 0.25) is 5.91 Å². The minimum absolute atomic E-state index is 0.0198. The first-order valence-electron chi connectivity index (χ1n) is 8.53. The van der Waals surface area contributed by atoms with Crippen molar-refractivity contribution in [2.24, 2.45) is 0 Å². The molecule has 0 aliphatic heterocycles. The van der Waals surface area contributed by atoms with Gasteiger partial charge in [-0.15, -0.1) is 0 Å². The molecule has 0 saturated carbocycles. The van der Waals surface area contributed by atoms with E-state index in [1.165, 1.54) is 5.56 Å². The molecule has 3 aromatic rings. The van der Waals surface area contributed by atoms with Crippen LogP contribution in [0.25, 0.3) is 11.3 Å². The quantitative estimate of drug-likeness (QED) is 0.653. The Morgan fingerprint density at radius 1 is 1.12 bits per heavy atom. The number of carbonyl (C=O) groups is 1. The van der Waals surface area contributed by atoms with Gasteiger partial charge < -0.3 is 14.2 Å². The average Bonchev–Trinajstić information content (AvgIpc) is 3.15. The van der Waals surface area contributed by atoms with Crippen LogP contribution in [0.5, 0.6) is 5.75 Å². The number of hydrogen-bond acceptors (Lipinski definition) is 4. The fourth-order valence-corrected chi connectivity index (χ4v) is 2.64. The minimum Gasteiger partial charge on any atom is -0.497 e. The molecule has 134 valence electrons. The van der Waals surface area contributed by atoms with E-state index in [1.807, 2.05) is 67.7 Å². The van der Waals surface area contributed by atoms with Crippen molar-refractivity contribution in [1.29, 1.82) is 0 Å². The molecule has 0 aliphatic carbocycles. The largest absolute Gasteiger partial charge is 0.497 e. The van der Waals surface area contributed by atoms with Gasteiger partial charge in [0.1, 0.15) is 5.75 Å². The first-order valence-corrected chi connectivity index (χ1v) is 8.53. The van der Waals surface area contributed by atoms with Gasteiger partial charge in [-0.1, -0.05) is 47.6 Å². The Morgan fingerprint density at radius 2 is 1.85 bits per heavy atom. The van der Waals surface area contributed by atoms with Crippen LogP contribution >= 0.6 is 0 Å². The van der Waals surface area contributed by atoms with Crippen LogP contribution in [0.2, 0.25) is 0 Å². The normalized spacial score (nSPS) is 10.5. The third-order valence-electron chi connectivity index (χ3n) is 4.27. The SMILES string of the molecule is COc1ccc(CCN(C)C(=O)Cc2cc(-c3ccccc3)on2)cc1. The Hall–Kier alpha value is -3.08. The molecule has 0 spiro atoms. The number of aromatic nitrogens is 1. The molecule has 0 fully saturated rings. The molecular formula is C21H22N2O3. The lowest BCUT2D eigenvalue weighted by Gasteiger charge is -2.16. The summed E-state index contributed by atoms with van der Waals surface area (Å²) in [5.41, 5.74) is 2.76. The zero-order chi connectivity index (χ0) is 18.4. The maximum absolute atomic E-state index is 12.4. The fraction of sp³-hybridized carbons (Fsp3) is 0.238. The van der Waals surface area contributed by atoms with Crippen molar-refractivity contribution in [1.82, 2.24) is 10.1 Å².